The number of esters is 2. The zero-order valence-electron chi connectivity index (χ0n) is 58.9. The van der Waals surface area contributed by atoms with E-state index < -0.39 is 26.5 Å². The van der Waals surface area contributed by atoms with E-state index in [0.717, 1.165) is 96.3 Å². The third kappa shape index (κ3) is 74.0. The maximum absolute atomic E-state index is 12.8. The summed E-state index contributed by atoms with van der Waals surface area (Å²) in [6.07, 6.45) is 102. The summed E-state index contributed by atoms with van der Waals surface area (Å²) < 4.78 is 33.2. The number of nitrogens with two attached hydrogens (primary N) is 1. The van der Waals surface area contributed by atoms with Crippen LogP contribution in [0.15, 0.2) is 97.2 Å². The van der Waals surface area contributed by atoms with Crippen LogP contribution in [-0.2, 0) is 32.7 Å². The monoisotopic (exact) mass is 1280 g/mol. The Morgan fingerprint density at radius 2 is 0.611 bits per heavy atom. The first-order valence-corrected chi connectivity index (χ1v) is 39.7. The summed E-state index contributed by atoms with van der Waals surface area (Å²) >= 11 is 0. The summed E-state index contributed by atoms with van der Waals surface area (Å²) in [5, 5.41) is 0. The van der Waals surface area contributed by atoms with Crippen LogP contribution in [0.2, 0.25) is 0 Å². The molecular weight excluding hydrogens is 1130 g/mol. The van der Waals surface area contributed by atoms with Gasteiger partial charge in [0.1, 0.15) is 6.61 Å². The van der Waals surface area contributed by atoms with Crippen molar-refractivity contribution in [2.75, 3.05) is 26.4 Å². The van der Waals surface area contributed by atoms with Crippen LogP contribution in [0.4, 0.5) is 0 Å². The summed E-state index contributed by atoms with van der Waals surface area (Å²) in [5.41, 5.74) is 5.41. The van der Waals surface area contributed by atoms with E-state index in [4.69, 9.17) is 24.3 Å². The predicted molar refractivity (Wildman–Crippen MR) is 390 cm³/mol. The summed E-state index contributed by atoms with van der Waals surface area (Å²) in [6.45, 7) is 3.67. The van der Waals surface area contributed by atoms with Gasteiger partial charge in [0.25, 0.3) is 0 Å². The van der Waals surface area contributed by atoms with Gasteiger partial charge < -0.3 is 20.1 Å². The van der Waals surface area contributed by atoms with E-state index in [-0.39, 0.29) is 38.6 Å². The fourth-order valence-corrected chi connectivity index (χ4v) is 11.9. The molecule has 0 aromatic heterocycles. The van der Waals surface area contributed by atoms with E-state index in [1.54, 1.807) is 0 Å². The molecule has 0 saturated carbocycles. The molecule has 0 aliphatic rings. The minimum Gasteiger partial charge on any atom is -0.462 e. The van der Waals surface area contributed by atoms with Crippen molar-refractivity contribution in [1.29, 1.82) is 0 Å². The molecule has 0 fully saturated rings. The van der Waals surface area contributed by atoms with E-state index in [1.165, 1.54) is 238 Å². The quantitative estimate of drug-likeness (QED) is 0.0264. The number of hydrogen-bond acceptors (Lipinski definition) is 8. The molecule has 0 amide bonds. The number of hydrogen-bond donors (Lipinski definition) is 2. The Hall–Kier alpha value is -3.07. The molecule has 0 heterocycles. The molecule has 522 valence electrons. The van der Waals surface area contributed by atoms with Crippen molar-refractivity contribution < 1.29 is 37.6 Å². The van der Waals surface area contributed by atoms with Crippen LogP contribution in [0.25, 0.3) is 0 Å². The zero-order chi connectivity index (χ0) is 65.1. The van der Waals surface area contributed by atoms with Gasteiger partial charge in [0.05, 0.1) is 13.2 Å². The molecule has 2 unspecified atom stereocenters. The molecule has 0 bridgehead atoms. The van der Waals surface area contributed by atoms with E-state index >= 15 is 0 Å². The molecule has 10 heteroatoms. The molecule has 0 saturated heterocycles. The second-order valence-corrected chi connectivity index (χ2v) is 27.0. The van der Waals surface area contributed by atoms with Gasteiger partial charge in [-0.15, -0.1) is 0 Å². The molecule has 0 aromatic carbocycles. The third-order valence-electron chi connectivity index (χ3n) is 16.7. The smallest absolute Gasteiger partial charge is 0.462 e. The number of rotatable bonds is 72. The van der Waals surface area contributed by atoms with Crippen molar-refractivity contribution in [2.24, 2.45) is 5.73 Å². The van der Waals surface area contributed by atoms with Crippen molar-refractivity contribution >= 4 is 19.8 Å². The lowest BCUT2D eigenvalue weighted by atomic mass is 10.0. The van der Waals surface area contributed by atoms with Crippen molar-refractivity contribution in [1.82, 2.24) is 0 Å². The van der Waals surface area contributed by atoms with Crippen LogP contribution < -0.4 is 5.73 Å². The Kier molecular flexibility index (Phi) is 72.4. The second kappa shape index (κ2) is 75.0. The maximum atomic E-state index is 12.8. The highest BCUT2D eigenvalue weighted by Crippen LogP contribution is 2.43. The number of ether oxygens (including phenoxy) is 2. The number of phosphoric acid groups is 1. The van der Waals surface area contributed by atoms with Crippen LogP contribution in [0, 0.1) is 0 Å². The van der Waals surface area contributed by atoms with Gasteiger partial charge in [-0.1, -0.05) is 374 Å². The second-order valence-electron chi connectivity index (χ2n) is 25.5. The van der Waals surface area contributed by atoms with Crippen LogP contribution >= 0.6 is 7.82 Å². The number of carbonyl (C=O) groups is 2. The van der Waals surface area contributed by atoms with E-state index in [1.807, 2.05) is 0 Å². The van der Waals surface area contributed by atoms with Gasteiger partial charge in [-0.25, -0.2) is 4.57 Å². The van der Waals surface area contributed by atoms with Gasteiger partial charge in [-0.2, -0.15) is 0 Å². The largest absolute Gasteiger partial charge is 0.472 e. The highest BCUT2D eigenvalue weighted by atomic mass is 31.2. The fourth-order valence-electron chi connectivity index (χ4n) is 11.1. The molecule has 0 aliphatic carbocycles. The van der Waals surface area contributed by atoms with E-state index in [9.17, 15) is 19.0 Å². The lowest BCUT2D eigenvalue weighted by molar-refractivity contribution is -0.161. The minimum atomic E-state index is -4.40. The van der Waals surface area contributed by atoms with Gasteiger partial charge in [0.15, 0.2) is 6.10 Å². The average Bonchev–Trinajstić information content (AvgIpc) is 3.58. The van der Waals surface area contributed by atoms with Crippen LogP contribution in [0.3, 0.4) is 0 Å². The first-order valence-electron chi connectivity index (χ1n) is 38.2. The molecule has 0 radical (unpaired) electrons. The number of allylic oxidation sites excluding steroid dienone is 16. The summed E-state index contributed by atoms with van der Waals surface area (Å²) in [6, 6.07) is 0. The van der Waals surface area contributed by atoms with E-state index in [0.29, 0.717) is 6.42 Å². The molecule has 3 N–H and O–H groups in total. The van der Waals surface area contributed by atoms with Gasteiger partial charge in [0, 0.05) is 19.4 Å². The Labute approximate surface area is 557 Å². The number of carbonyl (C=O) groups excluding carboxylic acids is 2. The lowest BCUT2D eigenvalue weighted by Gasteiger charge is -2.19. The van der Waals surface area contributed by atoms with Crippen LogP contribution in [0.5, 0.6) is 0 Å². The highest BCUT2D eigenvalue weighted by Gasteiger charge is 2.26. The van der Waals surface area contributed by atoms with Crippen molar-refractivity contribution in [3.8, 4) is 0 Å². The van der Waals surface area contributed by atoms with Gasteiger partial charge in [-0.05, 0) is 77.0 Å². The molecule has 2 atom stereocenters. The molecule has 0 aliphatic heterocycles. The van der Waals surface area contributed by atoms with Crippen LogP contribution in [-0.4, -0.2) is 49.3 Å². The SMILES string of the molecule is CC/C=C\C/C=C\C/C=C\C/C=C\C/C=C\C/C=C\C/C=C\C/C=C\CCCCCCCCCCC(=O)OC(COC(=O)CCCCCCCCCCCCCCCCCCCCCCCCCCCCCCCCCCCCCC)COP(=O)(O)OCCN. The molecule has 9 nitrogen and oxygen atoms in total. The first-order chi connectivity index (χ1) is 44.3. The predicted octanol–water partition coefficient (Wildman–Crippen LogP) is 25.5. The van der Waals surface area contributed by atoms with Crippen LogP contribution in [0.1, 0.15) is 367 Å². The Morgan fingerprint density at radius 3 is 0.911 bits per heavy atom. The average molecular weight is 1280 g/mol. The Balaban J connectivity index is 3.85. The van der Waals surface area contributed by atoms with Gasteiger partial charge in [-0.3, -0.25) is 18.6 Å². The summed E-state index contributed by atoms with van der Waals surface area (Å²) in [7, 11) is -4.40. The van der Waals surface area contributed by atoms with Crippen molar-refractivity contribution in [3.63, 3.8) is 0 Å². The Bertz CT molecular complexity index is 1800. The lowest BCUT2D eigenvalue weighted by Crippen LogP contribution is -2.29. The standard InChI is InChI=1S/C80H144NO8P/c1-3-5-7-9-11-13-15-17-19-21-23-25-27-29-31-33-35-37-38-39-41-42-44-46-48-50-52-54-56-58-60-62-64-66-68-70-72-79(82)86-76-78(77-88-90(84,85)87-75-74-81)89-80(83)73-71-69-67-65-63-61-59-57-55-53-51-49-47-45-43-40-36-34-32-30-28-26-24-22-20-18-16-14-12-10-8-6-4-2/h6,8,12,14,18,20,24,26,30,32,36,40,45,47,51,53,78H,3-5,7,9-11,13,15-17,19,21-23,25,27-29,31,33-35,37-39,41-44,46,48-50,52,54-77,81H2,1-2H3,(H,84,85)/b8-6-,14-12-,20-18-,26-24-,32-30-,40-36-,47-45-,53-51-. The fraction of sp³-hybridized carbons (Fsp3) is 0.775. The van der Waals surface area contributed by atoms with Gasteiger partial charge >= 0.3 is 19.8 Å². The normalized spacial score (nSPS) is 13.4. The summed E-state index contributed by atoms with van der Waals surface area (Å²) in [4.78, 5) is 35.4. The topological polar surface area (TPSA) is 134 Å². The zero-order valence-corrected chi connectivity index (χ0v) is 59.8. The minimum absolute atomic E-state index is 0.0492. The number of phosphoric ester groups is 1. The van der Waals surface area contributed by atoms with E-state index in [2.05, 4.69) is 111 Å². The van der Waals surface area contributed by atoms with Gasteiger partial charge in [0.2, 0.25) is 0 Å². The third-order valence-corrected chi connectivity index (χ3v) is 17.7. The van der Waals surface area contributed by atoms with Crippen molar-refractivity contribution in [3.05, 3.63) is 97.2 Å². The molecule has 0 spiro atoms. The maximum Gasteiger partial charge on any atom is 0.472 e. The first kappa shape index (κ1) is 86.9. The molecular formula is C80H144NO8P. The highest BCUT2D eigenvalue weighted by molar-refractivity contribution is 7.47. The molecule has 90 heavy (non-hydrogen) atoms. The van der Waals surface area contributed by atoms with Crippen molar-refractivity contribution in [2.45, 2.75) is 373 Å². The molecule has 0 aromatic rings. The summed E-state index contributed by atoms with van der Waals surface area (Å²) in [5.74, 6) is -0.827. The molecule has 0 rings (SSSR count). The number of unbranched alkanes of at least 4 members (excludes halogenated alkanes) is 43. The Morgan fingerprint density at radius 1 is 0.344 bits per heavy atom.